The van der Waals surface area contributed by atoms with E-state index < -0.39 is 5.97 Å². The third-order valence-electron chi connectivity index (χ3n) is 2.51. The molecule has 0 bridgehead atoms. The van der Waals surface area contributed by atoms with Gasteiger partial charge in [-0.25, -0.2) is 4.68 Å². The van der Waals surface area contributed by atoms with Gasteiger partial charge in [0.25, 0.3) is 0 Å². The van der Waals surface area contributed by atoms with Crippen LogP contribution in [0.5, 0.6) is 5.75 Å². The first-order valence-electron chi connectivity index (χ1n) is 5.62. The number of aryl methyl sites for hydroxylation is 1. The SMILES string of the molecule is Cc1ccccc1-n1cc(OCCC(=O)O)cn1. The number of hydrogen-bond donors (Lipinski definition) is 1. The fourth-order valence-electron chi connectivity index (χ4n) is 1.59. The lowest BCUT2D eigenvalue weighted by molar-refractivity contribution is -0.137. The molecule has 0 saturated heterocycles. The summed E-state index contributed by atoms with van der Waals surface area (Å²) >= 11 is 0. The molecular weight excluding hydrogens is 232 g/mol. The highest BCUT2D eigenvalue weighted by atomic mass is 16.5. The maximum Gasteiger partial charge on any atom is 0.306 e. The van der Waals surface area contributed by atoms with Gasteiger partial charge in [0.05, 0.1) is 31.1 Å². The van der Waals surface area contributed by atoms with Crippen molar-refractivity contribution in [2.45, 2.75) is 13.3 Å². The van der Waals surface area contributed by atoms with Crippen molar-refractivity contribution in [3.8, 4) is 11.4 Å². The van der Waals surface area contributed by atoms with Crippen molar-refractivity contribution in [1.82, 2.24) is 9.78 Å². The molecule has 1 aromatic carbocycles. The highest BCUT2D eigenvalue weighted by Gasteiger charge is 2.04. The Morgan fingerprint density at radius 1 is 1.44 bits per heavy atom. The molecule has 0 atom stereocenters. The van der Waals surface area contributed by atoms with Crippen LogP contribution < -0.4 is 4.74 Å². The maximum absolute atomic E-state index is 10.4. The second-order valence-electron chi connectivity index (χ2n) is 3.90. The molecule has 0 fully saturated rings. The van der Waals surface area contributed by atoms with Crippen LogP contribution in [0.25, 0.3) is 5.69 Å². The quantitative estimate of drug-likeness (QED) is 0.876. The Hall–Kier alpha value is -2.30. The molecule has 1 aromatic heterocycles. The normalized spacial score (nSPS) is 10.3. The molecule has 0 amide bonds. The number of carboxylic acid groups (broad SMARTS) is 1. The standard InChI is InChI=1S/C13H14N2O3/c1-10-4-2-3-5-12(10)15-9-11(8-14-15)18-7-6-13(16)17/h2-5,8-9H,6-7H2,1H3,(H,16,17). The lowest BCUT2D eigenvalue weighted by Crippen LogP contribution is -2.04. The number of ether oxygens (including phenoxy) is 1. The Bertz CT molecular complexity index is 549. The Kier molecular flexibility index (Phi) is 3.62. The summed E-state index contributed by atoms with van der Waals surface area (Å²) in [6.45, 7) is 2.15. The number of para-hydroxylation sites is 1. The first-order valence-corrected chi connectivity index (χ1v) is 5.62. The largest absolute Gasteiger partial charge is 0.490 e. The van der Waals surface area contributed by atoms with Crippen LogP contribution >= 0.6 is 0 Å². The van der Waals surface area contributed by atoms with Gasteiger partial charge in [-0.05, 0) is 18.6 Å². The van der Waals surface area contributed by atoms with Crippen LogP contribution in [0.2, 0.25) is 0 Å². The van der Waals surface area contributed by atoms with E-state index >= 15 is 0 Å². The van der Waals surface area contributed by atoms with E-state index in [-0.39, 0.29) is 13.0 Å². The van der Waals surface area contributed by atoms with Crippen LogP contribution in [-0.2, 0) is 4.79 Å². The van der Waals surface area contributed by atoms with Crippen molar-refractivity contribution in [2.75, 3.05) is 6.61 Å². The van der Waals surface area contributed by atoms with Crippen LogP contribution in [0.4, 0.5) is 0 Å². The number of carboxylic acids is 1. The summed E-state index contributed by atoms with van der Waals surface area (Å²) in [5.74, 6) is -0.305. The first-order chi connectivity index (χ1) is 8.66. The highest BCUT2D eigenvalue weighted by Crippen LogP contribution is 2.16. The molecule has 2 aromatic rings. The van der Waals surface area contributed by atoms with E-state index in [0.29, 0.717) is 5.75 Å². The molecule has 0 saturated carbocycles. The summed E-state index contributed by atoms with van der Waals surface area (Å²) < 4.78 is 7.01. The number of aromatic nitrogens is 2. The van der Waals surface area contributed by atoms with Gasteiger partial charge >= 0.3 is 5.97 Å². The van der Waals surface area contributed by atoms with Gasteiger partial charge < -0.3 is 9.84 Å². The van der Waals surface area contributed by atoms with Gasteiger partial charge in [0.15, 0.2) is 5.75 Å². The third-order valence-corrected chi connectivity index (χ3v) is 2.51. The second-order valence-corrected chi connectivity index (χ2v) is 3.90. The van der Waals surface area contributed by atoms with E-state index in [1.165, 1.54) is 0 Å². The topological polar surface area (TPSA) is 64.3 Å². The van der Waals surface area contributed by atoms with Gasteiger partial charge in [-0.1, -0.05) is 18.2 Å². The monoisotopic (exact) mass is 246 g/mol. The average molecular weight is 246 g/mol. The molecule has 5 heteroatoms. The molecule has 1 heterocycles. The molecule has 0 spiro atoms. The molecule has 0 aliphatic carbocycles. The van der Waals surface area contributed by atoms with E-state index in [4.69, 9.17) is 9.84 Å². The lowest BCUT2D eigenvalue weighted by Gasteiger charge is -2.04. The molecule has 0 aliphatic rings. The van der Waals surface area contributed by atoms with Gasteiger partial charge in [-0.2, -0.15) is 5.10 Å². The Morgan fingerprint density at radius 3 is 2.94 bits per heavy atom. The van der Waals surface area contributed by atoms with E-state index in [1.807, 2.05) is 31.2 Å². The highest BCUT2D eigenvalue weighted by molar-refractivity contribution is 5.66. The summed E-state index contributed by atoms with van der Waals surface area (Å²) in [6.07, 6.45) is 3.30. The first kappa shape index (κ1) is 12.2. The summed E-state index contributed by atoms with van der Waals surface area (Å²) in [5, 5.41) is 12.7. The van der Waals surface area contributed by atoms with Crippen molar-refractivity contribution in [3.05, 3.63) is 42.2 Å². The molecule has 0 radical (unpaired) electrons. The van der Waals surface area contributed by atoms with Crippen LogP contribution in [-0.4, -0.2) is 27.5 Å². The summed E-state index contributed by atoms with van der Waals surface area (Å²) in [6, 6.07) is 7.87. The molecule has 94 valence electrons. The number of carbonyl (C=O) groups is 1. The van der Waals surface area contributed by atoms with Gasteiger partial charge in [0.2, 0.25) is 0 Å². The average Bonchev–Trinajstić information content (AvgIpc) is 2.78. The zero-order valence-corrected chi connectivity index (χ0v) is 10.0. The molecule has 18 heavy (non-hydrogen) atoms. The Morgan fingerprint density at radius 2 is 2.22 bits per heavy atom. The van der Waals surface area contributed by atoms with Crippen molar-refractivity contribution >= 4 is 5.97 Å². The minimum Gasteiger partial charge on any atom is -0.490 e. The molecule has 0 unspecified atom stereocenters. The zero-order valence-electron chi connectivity index (χ0n) is 10.0. The maximum atomic E-state index is 10.4. The van der Waals surface area contributed by atoms with Gasteiger partial charge in [-0.3, -0.25) is 4.79 Å². The third kappa shape index (κ3) is 2.88. The minimum atomic E-state index is -0.874. The molecule has 0 aliphatic heterocycles. The van der Waals surface area contributed by atoms with Crippen molar-refractivity contribution in [2.24, 2.45) is 0 Å². The Labute approximate surface area is 105 Å². The number of aliphatic carboxylic acids is 1. The van der Waals surface area contributed by atoms with Crippen LogP contribution in [0.1, 0.15) is 12.0 Å². The number of nitrogens with zero attached hydrogens (tertiary/aromatic N) is 2. The van der Waals surface area contributed by atoms with E-state index in [9.17, 15) is 4.79 Å². The molecular formula is C13H14N2O3. The Balaban J connectivity index is 2.06. The summed E-state index contributed by atoms with van der Waals surface area (Å²) in [4.78, 5) is 10.4. The van der Waals surface area contributed by atoms with E-state index in [2.05, 4.69) is 5.10 Å². The number of benzene rings is 1. The fraction of sp³-hybridized carbons (Fsp3) is 0.231. The number of hydrogen-bond acceptors (Lipinski definition) is 3. The number of rotatable bonds is 5. The van der Waals surface area contributed by atoms with Crippen LogP contribution in [0.3, 0.4) is 0 Å². The predicted molar refractivity (Wildman–Crippen MR) is 66.0 cm³/mol. The van der Waals surface area contributed by atoms with Crippen LogP contribution in [0.15, 0.2) is 36.7 Å². The van der Waals surface area contributed by atoms with Crippen molar-refractivity contribution < 1.29 is 14.6 Å². The van der Waals surface area contributed by atoms with Crippen LogP contribution in [0, 0.1) is 6.92 Å². The van der Waals surface area contributed by atoms with E-state index in [1.54, 1.807) is 17.1 Å². The molecule has 2 rings (SSSR count). The van der Waals surface area contributed by atoms with Crippen molar-refractivity contribution in [1.29, 1.82) is 0 Å². The zero-order chi connectivity index (χ0) is 13.0. The smallest absolute Gasteiger partial charge is 0.306 e. The van der Waals surface area contributed by atoms with E-state index in [0.717, 1.165) is 11.3 Å². The van der Waals surface area contributed by atoms with Gasteiger partial charge in [0.1, 0.15) is 0 Å². The van der Waals surface area contributed by atoms with Crippen molar-refractivity contribution in [3.63, 3.8) is 0 Å². The predicted octanol–water partition coefficient (Wildman–Crippen LogP) is 2.03. The molecule has 1 N–H and O–H groups in total. The summed E-state index contributed by atoms with van der Waals surface area (Å²) in [7, 11) is 0. The lowest BCUT2D eigenvalue weighted by atomic mass is 10.2. The molecule has 5 nitrogen and oxygen atoms in total. The van der Waals surface area contributed by atoms with Gasteiger partial charge in [0, 0.05) is 0 Å². The fourth-order valence-corrected chi connectivity index (χ4v) is 1.59. The minimum absolute atomic E-state index is 0.0183. The van der Waals surface area contributed by atoms with Gasteiger partial charge in [-0.15, -0.1) is 0 Å². The second kappa shape index (κ2) is 5.35. The summed E-state index contributed by atoms with van der Waals surface area (Å²) in [5.41, 5.74) is 2.09.